The van der Waals surface area contributed by atoms with E-state index in [0.717, 1.165) is 30.4 Å². The van der Waals surface area contributed by atoms with E-state index in [1.54, 1.807) is 18.2 Å². The van der Waals surface area contributed by atoms with Gasteiger partial charge in [-0.3, -0.25) is 4.79 Å². The minimum absolute atomic E-state index is 0.0730. The lowest BCUT2D eigenvalue weighted by atomic mass is 10.1. The molecule has 1 fully saturated rings. The van der Waals surface area contributed by atoms with Crippen LogP contribution in [0.2, 0.25) is 5.02 Å². The topological polar surface area (TPSA) is 50.4 Å². The van der Waals surface area contributed by atoms with Gasteiger partial charge in [-0.15, -0.1) is 0 Å². The number of hydrogen-bond acceptors (Lipinski definition) is 3. The highest BCUT2D eigenvalue weighted by atomic mass is 79.9. The van der Waals surface area contributed by atoms with Crippen molar-refractivity contribution in [2.45, 2.75) is 18.9 Å². The number of carbonyl (C=O) groups is 1. The predicted molar refractivity (Wildman–Crippen MR) is 79.6 cm³/mol. The summed E-state index contributed by atoms with van der Waals surface area (Å²) in [6.07, 6.45) is 2.08. The molecule has 1 heterocycles. The molecule has 2 N–H and O–H groups in total. The molecule has 0 atom stereocenters. The summed E-state index contributed by atoms with van der Waals surface area (Å²) in [6.45, 7) is 1.97. The van der Waals surface area contributed by atoms with Gasteiger partial charge in [-0.25, -0.2) is 0 Å². The summed E-state index contributed by atoms with van der Waals surface area (Å²) in [7, 11) is 0. The van der Waals surface area contributed by atoms with Crippen molar-refractivity contribution in [3.05, 3.63) is 27.7 Å². The summed E-state index contributed by atoms with van der Waals surface area (Å²) < 4.78 is 6.38. The first-order valence-electron chi connectivity index (χ1n) is 6.22. The number of ether oxygens (including phenoxy) is 1. The van der Waals surface area contributed by atoms with Crippen molar-refractivity contribution in [1.29, 1.82) is 0 Å². The van der Waals surface area contributed by atoms with Gasteiger partial charge < -0.3 is 15.4 Å². The number of piperidine rings is 1. The van der Waals surface area contributed by atoms with Crippen molar-refractivity contribution >= 4 is 39.1 Å². The van der Waals surface area contributed by atoms with E-state index < -0.39 is 0 Å². The summed E-state index contributed by atoms with van der Waals surface area (Å²) in [5.41, 5.74) is 0.659. The summed E-state index contributed by atoms with van der Waals surface area (Å²) in [5, 5.41) is 6.62. The van der Waals surface area contributed by atoms with Crippen LogP contribution in [0.4, 0.5) is 5.69 Å². The first-order chi connectivity index (χ1) is 9.15. The van der Waals surface area contributed by atoms with E-state index in [-0.39, 0.29) is 18.6 Å². The van der Waals surface area contributed by atoms with Gasteiger partial charge in [0, 0.05) is 9.50 Å². The van der Waals surface area contributed by atoms with Crippen molar-refractivity contribution in [2.24, 2.45) is 0 Å². The molecule has 0 bridgehead atoms. The molecule has 6 heteroatoms. The molecule has 1 saturated heterocycles. The number of amides is 1. The van der Waals surface area contributed by atoms with Gasteiger partial charge in [-0.2, -0.15) is 0 Å². The lowest BCUT2D eigenvalue weighted by Gasteiger charge is -2.22. The number of hydrogen-bond donors (Lipinski definition) is 2. The minimum Gasteiger partial charge on any atom is -0.368 e. The molecule has 1 aliphatic heterocycles. The van der Waals surface area contributed by atoms with E-state index in [0.29, 0.717) is 10.7 Å². The fourth-order valence-electron chi connectivity index (χ4n) is 1.94. The van der Waals surface area contributed by atoms with Gasteiger partial charge in [0.2, 0.25) is 5.91 Å². The van der Waals surface area contributed by atoms with E-state index in [9.17, 15) is 4.79 Å². The third-order valence-electron chi connectivity index (χ3n) is 2.94. The molecule has 19 heavy (non-hydrogen) atoms. The molecule has 104 valence electrons. The van der Waals surface area contributed by atoms with Gasteiger partial charge in [0.05, 0.1) is 11.8 Å². The van der Waals surface area contributed by atoms with Crippen LogP contribution >= 0.6 is 27.5 Å². The van der Waals surface area contributed by atoms with Crippen LogP contribution in [-0.4, -0.2) is 31.7 Å². The Hall–Kier alpha value is -0.620. The Labute approximate surface area is 126 Å². The second kappa shape index (κ2) is 7.24. The molecule has 2 rings (SSSR count). The summed E-state index contributed by atoms with van der Waals surface area (Å²) in [5.74, 6) is -0.165. The number of benzene rings is 1. The lowest BCUT2D eigenvalue weighted by Crippen LogP contribution is -2.34. The van der Waals surface area contributed by atoms with Crippen LogP contribution in [-0.2, 0) is 9.53 Å². The molecule has 0 aromatic heterocycles. The molecule has 1 aromatic carbocycles. The lowest BCUT2D eigenvalue weighted by molar-refractivity contribution is -0.123. The monoisotopic (exact) mass is 346 g/mol. The third-order valence-corrected chi connectivity index (χ3v) is 3.87. The maximum absolute atomic E-state index is 11.8. The molecule has 0 spiro atoms. The van der Waals surface area contributed by atoms with Gasteiger partial charge in [-0.05, 0) is 60.1 Å². The van der Waals surface area contributed by atoms with E-state index in [1.165, 1.54) is 0 Å². The van der Waals surface area contributed by atoms with Crippen molar-refractivity contribution in [3.63, 3.8) is 0 Å². The summed E-state index contributed by atoms with van der Waals surface area (Å²) in [4.78, 5) is 11.8. The average molecular weight is 348 g/mol. The summed E-state index contributed by atoms with van der Waals surface area (Å²) >= 11 is 9.25. The fourth-order valence-corrected chi connectivity index (χ4v) is 2.45. The molecule has 4 nitrogen and oxygen atoms in total. The smallest absolute Gasteiger partial charge is 0.250 e. The molecule has 0 unspecified atom stereocenters. The van der Waals surface area contributed by atoms with Crippen LogP contribution in [0.3, 0.4) is 0 Å². The van der Waals surface area contributed by atoms with Crippen molar-refractivity contribution in [3.8, 4) is 0 Å². The Morgan fingerprint density at radius 1 is 1.47 bits per heavy atom. The van der Waals surface area contributed by atoms with E-state index in [4.69, 9.17) is 16.3 Å². The highest BCUT2D eigenvalue weighted by molar-refractivity contribution is 9.10. The number of rotatable bonds is 4. The first kappa shape index (κ1) is 14.8. The Morgan fingerprint density at radius 2 is 2.21 bits per heavy atom. The minimum atomic E-state index is -0.165. The van der Waals surface area contributed by atoms with E-state index >= 15 is 0 Å². The Kier molecular flexibility index (Phi) is 5.63. The predicted octanol–water partition coefficient (Wildman–Crippen LogP) is 2.81. The van der Waals surface area contributed by atoms with Crippen LogP contribution in [0.1, 0.15) is 12.8 Å². The van der Waals surface area contributed by atoms with Gasteiger partial charge in [-0.1, -0.05) is 11.6 Å². The van der Waals surface area contributed by atoms with Crippen LogP contribution in [0, 0.1) is 0 Å². The zero-order valence-electron chi connectivity index (χ0n) is 10.4. The van der Waals surface area contributed by atoms with Crippen molar-refractivity contribution in [2.75, 3.05) is 25.0 Å². The molecular weight excluding hydrogens is 332 g/mol. The number of nitrogens with one attached hydrogen (secondary N) is 2. The quantitative estimate of drug-likeness (QED) is 0.880. The molecule has 0 saturated carbocycles. The third kappa shape index (κ3) is 4.76. The van der Waals surface area contributed by atoms with Gasteiger partial charge in [0.15, 0.2) is 0 Å². The number of anilines is 1. The van der Waals surface area contributed by atoms with Crippen LogP contribution < -0.4 is 10.6 Å². The summed E-state index contributed by atoms with van der Waals surface area (Å²) in [6, 6.07) is 5.26. The SMILES string of the molecule is O=C(COC1CCNCC1)Nc1cc(Cl)ccc1Br. The Bertz CT molecular complexity index is 450. The molecule has 1 aliphatic rings. The number of halogens is 2. The Balaban J connectivity index is 1.81. The van der Waals surface area contributed by atoms with Crippen molar-refractivity contribution in [1.82, 2.24) is 5.32 Å². The molecule has 0 radical (unpaired) electrons. The molecular formula is C13H16BrClN2O2. The maximum atomic E-state index is 11.8. The Morgan fingerprint density at radius 3 is 2.95 bits per heavy atom. The van der Waals surface area contributed by atoms with Crippen LogP contribution in [0.25, 0.3) is 0 Å². The normalized spacial score (nSPS) is 16.3. The van der Waals surface area contributed by atoms with E-state index in [2.05, 4.69) is 26.6 Å². The largest absolute Gasteiger partial charge is 0.368 e. The zero-order valence-corrected chi connectivity index (χ0v) is 12.8. The second-order valence-electron chi connectivity index (χ2n) is 4.43. The second-order valence-corrected chi connectivity index (χ2v) is 5.72. The average Bonchev–Trinajstić information content (AvgIpc) is 2.42. The van der Waals surface area contributed by atoms with Crippen LogP contribution in [0.5, 0.6) is 0 Å². The fraction of sp³-hybridized carbons (Fsp3) is 0.462. The highest BCUT2D eigenvalue weighted by Crippen LogP contribution is 2.25. The van der Waals surface area contributed by atoms with Crippen LogP contribution in [0.15, 0.2) is 22.7 Å². The zero-order chi connectivity index (χ0) is 13.7. The maximum Gasteiger partial charge on any atom is 0.250 e. The molecule has 1 amide bonds. The van der Waals surface area contributed by atoms with Gasteiger partial charge in [0.1, 0.15) is 6.61 Å². The first-order valence-corrected chi connectivity index (χ1v) is 7.39. The standard InChI is InChI=1S/C13H16BrClN2O2/c14-11-2-1-9(15)7-12(11)17-13(18)8-19-10-3-5-16-6-4-10/h1-2,7,10,16H,3-6,8H2,(H,17,18). The molecule has 0 aliphatic carbocycles. The number of carbonyl (C=O) groups excluding carboxylic acids is 1. The van der Waals surface area contributed by atoms with Crippen molar-refractivity contribution < 1.29 is 9.53 Å². The van der Waals surface area contributed by atoms with Gasteiger partial charge >= 0.3 is 0 Å². The molecule has 1 aromatic rings. The highest BCUT2D eigenvalue weighted by Gasteiger charge is 2.15. The van der Waals surface area contributed by atoms with Gasteiger partial charge in [0.25, 0.3) is 0 Å². The van der Waals surface area contributed by atoms with E-state index in [1.807, 2.05) is 0 Å².